The van der Waals surface area contributed by atoms with Gasteiger partial charge < -0.3 is 4.90 Å². The molecule has 1 fully saturated rings. The maximum atomic E-state index is 4.97. The molecule has 0 atom stereocenters. The molecule has 0 bridgehead atoms. The number of aromatic nitrogens is 4. The Kier molecular flexibility index (Phi) is 3.20. The highest BCUT2D eigenvalue weighted by atomic mass is 15.4. The second-order valence-corrected chi connectivity index (χ2v) is 6.67. The molecule has 0 N–H and O–H groups in total. The van der Waals surface area contributed by atoms with Crippen molar-refractivity contribution in [2.45, 2.75) is 19.8 Å². The van der Waals surface area contributed by atoms with E-state index in [4.69, 9.17) is 4.98 Å². The fourth-order valence-electron chi connectivity index (χ4n) is 3.58. The van der Waals surface area contributed by atoms with Gasteiger partial charge in [0.05, 0.1) is 5.52 Å². The number of aryl methyl sites for hydroxylation is 1. The molecule has 2 aromatic carbocycles. The van der Waals surface area contributed by atoms with Gasteiger partial charge in [-0.1, -0.05) is 42.0 Å². The second-order valence-electron chi connectivity index (χ2n) is 6.67. The average molecular weight is 329 g/mol. The molecule has 0 saturated carbocycles. The van der Waals surface area contributed by atoms with Crippen LogP contribution in [0.5, 0.6) is 0 Å². The molecule has 1 aliphatic rings. The van der Waals surface area contributed by atoms with Gasteiger partial charge in [-0.05, 0) is 31.9 Å². The number of benzene rings is 2. The average Bonchev–Trinajstić information content (AvgIpc) is 3.32. The van der Waals surface area contributed by atoms with Gasteiger partial charge in [-0.15, -0.1) is 10.2 Å². The van der Waals surface area contributed by atoms with E-state index in [1.54, 1.807) is 0 Å². The molecule has 0 aliphatic carbocycles. The van der Waals surface area contributed by atoms with Gasteiger partial charge in [0.2, 0.25) is 5.95 Å². The van der Waals surface area contributed by atoms with Crippen molar-refractivity contribution in [1.82, 2.24) is 19.6 Å². The van der Waals surface area contributed by atoms with Crippen LogP contribution in [-0.4, -0.2) is 32.7 Å². The summed E-state index contributed by atoms with van der Waals surface area (Å²) in [6.45, 7) is 4.16. The summed E-state index contributed by atoms with van der Waals surface area (Å²) in [5.41, 5.74) is 4.15. The minimum absolute atomic E-state index is 0.857. The van der Waals surface area contributed by atoms with E-state index in [2.05, 4.69) is 62.8 Å². The zero-order valence-electron chi connectivity index (χ0n) is 14.2. The van der Waals surface area contributed by atoms with E-state index in [0.717, 1.165) is 47.0 Å². The fourth-order valence-corrected chi connectivity index (χ4v) is 3.58. The quantitative estimate of drug-likeness (QED) is 0.560. The Morgan fingerprint density at radius 3 is 2.44 bits per heavy atom. The highest BCUT2D eigenvalue weighted by molar-refractivity contribution is 5.93. The Labute approximate surface area is 145 Å². The molecule has 0 spiro atoms. The van der Waals surface area contributed by atoms with Crippen molar-refractivity contribution in [3.8, 4) is 11.4 Å². The summed E-state index contributed by atoms with van der Waals surface area (Å²) in [4.78, 5) is 7.32. The number of hydrogen-bond donors (Lipinski definition) is 0. The molecular weight excluding hydrogens is 310 g/mol. The fraction of sp³-hybridized carbons (Fsp3) is 0.250. The lowest BCUT2D eigenvalue weighted by Crippen LogP contribution is -2.22. The summed E-state index contributed by atoms with van der Waals surface area (Å²) in [6, 6.07) is 16.6. The Balaban J connectivity index is 1.84. The molecule has 1 saturated heterocycles. The SMILES string of the molecule is Cc1ccc(-c2nnc3c4ccccc4nc(N4CCCC4)n23)cc1. The van der Waals surface area contributed by atoms with Crippen LogP contribution >= 0.6 is 0 Å². The molecule has 0 unspecified atom stereocenters. The van der Waals surface area contributed by atoms with Crippen molar-refractivity contribution in [2.24, 2.45) is 0 Å². The minimum atomic E-state index is 0.857. The van der Waals surface area contributed by atoms with E-state index in [0.29, 0.717) is 0 Å². The Morgan fingerprint density at radius 1 is 0.880 bits per heavy atom. The first-order valence-electron chi connectivity index (χ1n) is 8.77. The van der Waals surface area contributed by atoms with Crippen molar-refractivity contribution in [3.05, 3.63) is 54.1 Å². The number of rotatable bonds is 2. The Hall–Kier alpha value is -2.95. The standard InChI is InChI=1S/C20H19N5/c1-14-8-10-15(11-9-14)18-22-23-19-16-6-2-3-7-17(16)21-20(25(18)19)24-12-4-5-13-24/h2-3,6-11H,4-5,12-13H2,1H3. The largest absolute Gasteiger partial charge is 0.342 e. The Bertz CT molecular complexity index is 1060. The molecule has 2 aromatic heterocycles. The second kappa shape index (κ2) is 5.55. The molecule has 1 aliphatic heterocycles. The summed E-state index contributed by atoms with van der Waals surface area (Å²) in [5.74, 6) is 1.81. The highest BCUT2D eigenvalue weighted by Gasteiger charge is 2.22. The zero-order valence-corrected chi connectivity index (χ0v) is 14.2. The van der Waals surface area contributed by atoms with E-state index in [9.17, 15) is 0 Å². The molecule has 124 valence electrons. The number of nitrogens with zero attached hydrogens (tertiary/aromatic N) is 5. The maximum Gasteiger partial charge on any atom is 0.213 e. The lowest BCUT2D eigenvalue weighted by atomic mass is 10.1. The first-order valence-corrected chi connectivity index (χ1v) is 8.77. The lowest BCUT2D eigenvalue weighted by Gasteiger charge is -2.19. The third kappa shape index (κ3) is 2.27. The van der Waals surface area contributed by atoms with Gasteiger partial charge >= 0.3 is 0 Å². The van der Waals surface area contributed by atoms with Crippen LogP contribution in [0, 0.1) is 6.92 Å². The molecule has 5 nitrogen and oxygen atoms in total. The minimum Gasteiger partial charge on any atom is -0.342 e. The van der Waals surface area contributed by atoms with Crippen LogP contribution in [0.2, 0.25) is 0 Å². The third-order valence-electron chi connectivity index (χ3n) is 4.93. The van der Waals surface area contributed by atoms with Gasteiger partial charge in [0.25, 0.3) is 0 Å². The first-order chi connectivity index (χ1) is 12.3. The van der Waals surface area contributed by atoms with Crippen molar-refractivity contribution in [2.75, 3.05) is 18.0 Å². The lowest BCUT2D eigenvalue weighted by molar-refractivity contribution is 0.886. The van der Waals surface area contributed by atoms with Gasteiger partial charge in [-0.3, -0.25) is 0 Å². The molecular formula is C20H19N5. The first kappa shape index (κ1) is 14.4. The number of hydrogen-bond acceptors (Lipinski definition) is 4. The summed E-state index contributed by atoms with van der Waals surface area (Å²) in [6.07, 6.45) is 2.41. The zero-order chi connectivity index (χ0) is 16.8. The molecule has 4 aromatic rings. The van der Waals surface area contributed by atoms with Gasteiger partial charge in [-0.25, -0.2) is 9.38 Å². The van der Waals surface area contributed by atoms with Crippen LogP contribution in [-0.2, 0) is 0 Å². The van der Waals surface area contributed by atoms with Gasteiger partial charge in [-0.2, -0.15) is 0 Å². The van der Waals surface area contributed by atoms with Crippen molar-refractivity contribution < 1.29 is 0 Å². The van der Waals surface area contributed by atoms with E-state index >= 15 is 0 Å². The number of para-hydroxylation sites is 1. The van der Waals surface area contributed by atoms with E-state index in [1.807, 2.05) is 12.1 Å². The number of anilines is 1. The van der Waals surface area contributed by atoms with E-state index in [1.165, 1.54) is 18.4 Å². The molecule has 0 radical (unpaired) electrons. The van der Waals surface area contributed by atoms with Crippen LogP contribution in [0.15, 0.2) is 48.5 Å². The maximum absolute atomic E-state index is 4.97. The summed E-state index contributed by atoms with van der Waals surface area (Å²) < 4.78 is 2.12. The number of fused-ring (bicyclic) bond motifs is 3. The topological polar surface area (TPSA) is 46.3 Å². The predicted molar refractivity (Wildman–Crippen MR) is 99.9 cm³/mol. The smallest absolute Gasteiger partial charge is 0.213 e. The molecule has 5 heteroatoms. The summed E-state index contributed by atoms with van der Waals surface area (Å²) in [5, 5.41) is 10.1. The molecule has 5 rings (SSSR count). The molecule has 25 heavy (non-hydrogen) atoms. The monoisotopic (exact) mass is 329 g/mol. The van der Waals surface area contributed by atoms with Crippen molar-refractivity contribution >= 4 is 22.5 Å². The summed E-state index contributed by atoms with van der Waals surface area (Å²) >= 11 is 0. The van der Waals surface area contributed by atoms with E-state index < -0.39 is 0 Å². The van der Waals surface area contributed by atoms with Crippen LogP contribution in [0.4, 0.5) is 5.95 Å². The highest BCUT2D eigenvalue weighted by Crippen LogP contribution is 2.29. The third-order valence-corrected chi connectivity index (χ3v) is 4.93. The molecule has 0 amide bonds. The van der Waals surface area contributed by atoms with Gasteiger partial charge in [0.1, 0.15) is 0 Å². The van der Waals surface area contributed by atoms with Gasteiger partial charge in [0, 0.05) is 24.0 Å². The van der Waals surface area contributed by atoms with Crippen LogP contribution in [0.25, 0.3) is 27.9 Å². The van der Waals surface area contributed by atoms with E-state index in [-0.39, 0.29) is 0 Å². The Morgan fingerprint density at radius 2 is 1.64 bits per heavy atom. The van der Waals surface area contributed by atoms with Crippen LogP contribution < -0.4 is 4.90 Å². The predicted octanol–water partition coefficient (Wildman–Crippen LogP) is 3.85. The van der Waals surface area contributed by atoms with Gasteiger partial charge in [0.15, 0.2) is 11.5 Å². The van der Waals surface area contributed by atoms with Crippen molar-refractivity contribution in [1.29, 1.82) is 0 Å². The van der Waals surface area contributed by atoms with Crippen LogP contribution in [0.1, 0.15) is 18.4 Å². The normalized spacial score (nSPS) is 14.7. The van der Waals surface area contributed by atoms with Crippen molar-refractivity contribution in [3.63, 3.8) is 0 Å². The van der Waals surface area contributed by atoms with Crippen LogP contribution in [0.3, 0.4) is 0 Å². The molecule has 3 heterocycles. The summed E-state index contributed by atoms with van der Waals surface area (Å²) in [7, 11) is 0.